The van der Waals surface area contributed by atoms with Gasteiger partial charge in [-0.1, -0.05) is 99.7 Å². The van der Waals surface area contributed by atoms with Gasteiger partial charge in [0.2, 0.25) is 0 Å². The zero-order valence-electron chi connectivity index (χ0n) is 15.0. The summed E-state index contributed by atoms with van der Waals surface area (Å²) in [4.78, 5) is 0. The average molecular weight is 450 g/mol. The first-order chi connectivity index (χ1) is 10.3. The van der Waals surface area contributed by atoms with Crippen LogP contribution < -0.4 is 42.4 Å². The van der Waals surface area contributed by atoms with E-state index in [0.29, 0.717) is 0 Å². The van der Waals surface area contributed by atoms with Gasteiger partial charge in [0.25, 0.3) is 0 Å². The maximum atomic E-state index is 3.79. The van der Waals surface area contributed by atoms with Crippen molar-refractivity contribution in [3.8, 4) is 0 Å². The van der Waals surface area contributed by atoms with Crippen LogP contribution in [0.4, 0.5) is 0 Å². The predicted octanol–water partition coefficient (Wildman–Crippen LogP) is -4.74. The molecule has 1 aromatic rings. The molecule has 0 bridgehead atoms. The minimum absolute atomic E-state index is 0. The fourth-order valence-electron chi connectivity index (χ4n) is 3.93. The van der Waals surface area contributed by atoms with Gasteiger partial charge in [-0.05, 0) is 0 Å². The van der Waals surface area contributed by atoms with Crippen molar-refractivity contribution in [2.45, 2.75) is 58.3 Å². The van der Waals surface area contributed by atoms with Gasteiger partial charge in [0, 0.05) is 0 Å². The van der Waals surface area contributed by atoms with E-state index in [4.69, 9.17) is 0 Å². The van der Waals surface area contributed by atoms with E-state index < -0.39 is 0 Å². The van der Waals surface area contributed by atoms with Crippen LogP contribution in [0.15, 0.2) is 46.7 Å². The summed E-state index contributed by atoms with van der Waals surface area (Å²) in [7, 11) is -0.282. The molecule has 0 atom stereocenters. The van der Waals surface area contributed by atoms with E-state index >= 15 is 0 Å². The fourth-order valence-corrected chi connectivity index (χ4v) is 5.66. The Balaban J connectivity index is 0. The maximum absolute atomic E-state index is 3.79. The molecule has 1 aromatic carbocycles. The Labute approximate surface area is 189 Å². The Morgan fingerprint density at radius 2 is 1.64 bits per heavy atom. The summed E-state index contributed by atoms with van der Waals surface area (Å²) in [6, 6.07) is 11.1. The molecule has 0 unspecified atom stereocenters. The van der Waals surface area contributed by atoms with Crippen LogP contribution in [-0.4, -0.2) is 9.52 Å². The zero-order valence-corrected chi connectivity index (χ0v) is 20.2. The third kappa shape index (κ3) is 8.37. The summed E-state index contributed by atoms with van der Waals surface area (Å²) in [5.41, 5.74) is 3.29. The van der Waals surface area contributed by atoms with Gasteiger partial charge in [-0.2, -0.15) is 5.20 Å². The minimum atomic E-state index is -0.282. The fraction of sp³-hybridized carbons (Fsp3) is 0.500. The molecule has 25 heavy (non-hydrogen) atoms. The SMILES string of the molecule is CCC1=C(CC2CCCCC2)CC([SiH2]c2ccccc2)=[C-]1.[Cl-].[Cl-].[Cl-].[Ti+4]. The van der Waals surface area contributed by atoms with Crippen LogP contribution in [0.1, 0.15) is 58.3 Å². The van der Waals surface area contributed by atoms with Gasteiger partial charge in [0.1, 0.15) is 0 Å². The topological polar surface area (TPSA) is 0 Å². The Bertz CT molecular complexity index is 537. The quantitative estimate of drug-likeness (QED) is 0.313. The monoisotopic (exact) mass is 448 g/mol. The molecule has 0 spiro atoms. The molecule has 2 aliphatic carbocycles. The molecular weight excluding hydrogens is 423 g/mol. The summed E-state index contributed by atoms with van der Waals surface area (Å²) in [5.74, 6) is 0.967. The molecule has 0 radical (unpaired) electrons. The van der Waals surface area contributed by atoms with E-state index in [9.17, 15) is 0 Å². The summed E-state index contributed by atoms with van der Waals surface area (Å²) < 4.78 is 0. The standard InChI is InChI=1S/C20H27Si.3ClH.Ti/c1-2-17-14-20(21-19-11-7-4-8-12-19)15-18(17)13-16-9-5-3-6-10-16;;;;/h4,7-8,11-12,16H,2-3,5-6,9-10,13,15,21H2,1H3;3*1H;/q-1;;;;+4/p-3. The summed E-state index contributed by atoms with van der Waals surface area (Å²) in [6.07, 6.45) is 14.9. The molecule has 2 aliphatic rings. The van der Waals surface area contributed by atoms with Crippen LogP contribution in [0.25, 0.3) is 0 Å². The van der Waals surface area contributed by atoms with Gasteiger partial charge in [-0.3, -0.25) is 6.08 Å². The largest absolute Gasteiger partial charge is 4.00 e. The third-order valence-corrected chi connectivity index (χ3v) is 6.79. The number of rotatable bonds is 5. The Kier molecular flexibility index (Phi) is 16.1. The first-order valence-corrected chi connectivity index (χ1v) is 10.1. The van der Waals surface area contributed by atoms with E-state index in [2.05, 4.69) is 43.3 Å². The molecule has 1 fully saturated rings. The van der Waals surface area contributed by atoms with Crippen LogP contribution in [0.5, 0.6) is 0 Å². The Hall–Kier alpha value is 0.501. The molecule has 0 amide bonds. The van der Waals surface area contributed by atoms with Gasteiger partial charge in [-0.25, -0.2) is 11.1 Å². The Morgan fingerprint density at radius 1 is 1.00 bits per heavy atom. The van der Waals surface area contributed by atoms with E-state index in [1.54, 1.807) is 21.5 Å². The molecule has 3 rings (SSSR count). The first-order valence-electron chi connectivity index (χ1n) is 8.71. The zero-order chi connectivity index (χ0) is 14.5. The number of benzene rings is 1. The summed E-state index contributed by atoms with van der Waals surface area (Å²) >= 11 is 0. The molecule has 0 N–H and O–H groups in total. The number of allylic oxidation sites excluding steroid dienone is 4. The number of halogens is 3. The first kappa shape index (κ1) is 27.7. The average Bonchev–Trinajstić information content (AvgIpc) is 2.91. The molecule has 0 nitrogen and oxygen atoms in total. The molecule has 1 saturated carbocycles. The molecular formula is C20H27Cl3SiTi. The third-order valence-electron chi connectivity index (χ3n) is 5.05. The van der Waals surface area contributed by atoms with Gasteiger partial charge >= 0.3 is 21.7 Å². The van der Waals surface area contributed by atoms with E-state index in [0.717, 1.165) is 5.92 Å². The van der Waals surface area contributed by atoms with Crippen LogP contribution >= 0.6 is 0 Å². The van der Waals surface area contributed by atoms with Crippen molar-refractivity contribution in [3.05, 3.63) is 52.8 Å². The second-order valence-electron chi connectivity index (χ2n) is 6.71. The molecule has 136 valence electrons. The van der Waals surface area contributed by atoms with Crippen LogP contribution in [-0.2, 0) is 21.7 Å². The molecule has 0 aromatic heterocycles. The van der Waals surface area contributed by atoms with Gasteiger partial charge < -0.3 is 37.2 Å². The molecule has 5 heteroatoms. The van der Waals surface area contributed by atoms with E-state index in [-0.39, 0.29) is 68.5 Å². The van der Waals surface area contributed by atoms with Crippen LogP contribution in [0.3, 0.4) is 0 Å². The van der Waals surface area contributed by atoms with Crippen molar-refractivity contribution in [2.24, 2.45) is 5.92 Å². The number of hydrogen-bond donors (Lipinski definition) is 0. The van der Waals surface area contributed by atoms with E-state index in [1.807, 2.05) is 0 Å². The summed E-state index contributed by atoms with van der Waals surface area (Å²) in [5, 5.41) is 3.21. The van der Waals surface area contributed by atoms with E-state index in [1.165, 1.54) is 51.4 Å². The smallest absolute Gasteiger partial charge is 1.00 e. The second kappa shape index (κ2) is 14.5. The van der Waals surface area contributed by atoms with Crippen LogP contribution in [0, 0.1) is 12.0 Å². The Morgan fingerprint density at radius 3 is 2.24 bits per heavy atom. The van der Waals surface area contributed by atoms with Gasteiger partial charge in [0.05, 0.1) is 9.52 Å². The molecule has 0 aliphatic heterocycles. The number of hydrogen-bond acceptors (Lipinski definition) is 0. The van der Waals surface area contributed by atoms with Gasteiger partial charge in [0.15, 0.2) is 0 Å². The predicted molar refractivity (Wildman–Crippen MR) is 94.5 cm³/mol. The molecule has 0 saturated heterocycles. The van der Waals surface area contributed by atoms with Crippen molar-refractivity contribution in [1.29, 1.82) is 0 Å². The summed E-state index contributed by atoms with van der Waals surface area (Å²) in [6.45, 7) is 2.30. The minimum Gasteiger partial charge on any atom is -1.00 e. The normalized spacial score (nSPS) is 17.2. The van der Waals surface area contributed by atoms with Crippen molar-refractivity contribution < 1.29 is 58.9 Å². The van der Waals surface area contributed by atoms with Crippen LogP contribution in [0.2, 0.25) is 0 Å². The second-order valence-corrected chi connectivity index (χ2v) is 8.74. The van der Waals surface area contributed by atoms with Crippen molar-refractivity contribution in [3.63, 3.8) is 0 Å². The van der Waals surface area contributed by atoms with Gasteiger partial charge in [-0.15, -0.1) is 0 Å². The maximum Gasteiger partial charge on any atom is 4.00 e. The van der Waals surface area contributed by atoms with Crippen molar-refractivity contribution >= 4 is 14.7 Å². The van der Waals surface area contributed by atoms with Crippen molar-refractivity contribution in [1.82, 2.24) is 0 Å². The van der Waals surface area contributed by atoms with Crippen molar-refractivity contribution in [2.75, 3.05) is 0 Å². The molecule has 0 heterocycles.